The molecular weight excluding hydrogens is 202 g/mol. The van der Waals surface area contributed by atoms with Crippen molar-refractivity contribution in [3.63, 3.8) is 0 Å². The van der Waals surface area contributed by atoms with Gasteiger partial charge in [0.15, 0.2) is 0 Å². The molecule has 0 unspecified atom stereocenters. The maximum atomic E-state index is 10.2. The Labute approximate surface area is 77.7 Å². The van der Waals surface area contributed by atoms with Crippen molar-refractivity contribution in [3.05, 3.63) is 22.5 Å². The van der Waals surface area contributed by atoms with E-state index in [4.69, 9.17) is 0 Å². The highest BCUT2D eigenvalue weighted by Crippen LogP contribution is 2.05. The molecule has 0 aliphatic rings. The monoisotopic (exact) mass is 205 g/mol. The summed E-state index contributed by atoms with van der Waals surface area (Å²) in [6.45, 7) is 0. The Morgan fingerprint density at radius 3 is 3.08 bits per heavy atom. The smallest absolute Gasteiger partial charge is 0.390 e. The van der Waals surface area contributed by atoms with Crippen LogP contribution in [0.1, 0.15) is 0 Å². The number of nitrogens with zero attached hydrogens (tertiary/aromatic N) is 3. The van der Waals surface area contributed by atoms with Crippen molar-refractivity contribution in [2.75, 3.05) is 0 Å². The van der Waals surface area contributed by atoms with Gasteiger partial charge in [-0.3, -0.25) is 4.84 Å². The lowest BCUT2D eigenvalue weighted by atomic mass is 11.0. The summed E-state index contributed by atoms with van der Waals surface area (Å²) in [4.78, 5) is 17.6. The summed E-state index contributed by atoms with van der Waals surface area (Å²) < 4.78 is 0.714. The fourth-order valence-corrected chi connectivity index (χ4v) is 0.735. The molecule has 8 heteroatoms. The Morgan fingerprint density at radius 2 is 2.58 bits per heavy atom. The Morgan fingerprint density at radius 1 is 1.92 bits per heavy atom. The van der Waals surface area contributed by atoms with Crippen LogP contribution in [0.15, 0.2) is 12.4 Å². The number of aromatic nitrogens is 2. The van der Waals surface area contributed by atoms with E-state index in [2.05, 4.69) is 34.7 Å². The molecule has 0 aromatic carbocycles. The van der Waals surface area contributed by atoms with E-state index in [0.717, 1.165) is 4.73 Å². The van der Waals surface area contributed by atoms with Crippen molar-refractivity contribution in [1.82, 2.24) is 9.71 Å². The van der Waals surface area contributed by atoms with Gasteiger partial charge in [0.05, 0.1) is 0 Å². The lowest BCUT2D eigenvalue weighted by Crippen LogP contribution is -2.14. The highest BCUT2D eigenvalue weighted by atomic mass is 32.1. The minimum Gasteiger partial charge on any atom is -0.390 e. The molecule has 0 amide bonds. The second-order valence-corrected chi connectivity index (χ2v) is 2.75. The predicted octanol–water partition coefficient (Wildman–Crippen LogP) is 0.435. The van der Waals surface area contributed by atoms with E-state index in [1.165, 1.54) is 12.4 Å². The normalized spacial score (nSPS) is 9.42. The lowest BCUT2D eigenvalue weighted by Gasteiger charge is -1.98. The van der Waals surface area contributed by atoms with Crippen LogP contribution < -0.4 is 4.84 Å². The molecule has 0 saturated carbocycles. The van der Waals surface area contributed by atoms with Crippen molar-refractivity contribution in [2.24, 2.45) is 0 Å². The fourth-order valence-electron chi connectivity index (χ4n) is 0.567. The SMILES string of the molecule is O=[N+]([O-])c1nccn1OC(=S)S. The van der Waals surface area contributed by atoms with E-state index in [0.29, 0.717) is 0 Å². The van der Waals surface area contributed by atoms with Crippen LogP contribution in [0.3, 0.4) is 0 Å². The number of thiocarbonyl (C=S) groups is 1. The summed E-state index contributed by atoms with van der Waals surface area (Å²) in [5.41, 5.74) is 0. The number of hydrogen-bond donors (Lipinski definition) is 1. The first-order valence-electron chi connectivity index (χ1n) is 2.70. The van der Waals surface area contributed by atoms with Gasteiger partial charge in [-0.25, -0.2) is 0 Å². The minimum atomic E-state index is -0.688. The Bertz CT molecular complexity index is 323. The average Bonchev–Trinajstić information content (AvgIpc) is 2.33. The lowest BCUT2D eigenvalue weighted by molar-refractivity contribution is -0.400. The molecule has 0 spiro atoms. The zero-order valence-electron chi connectivity index (χ0n) is 5.58. The summed E-state index contributed by atoms with van der Waals surface area (Å²) in [5, 5.41) is 10.2. The molecule has 0 aliphatic carbocycles. The molecule has 0 bridgehead atoms. The largest absolute Gasteiger partial charge is 0.471 e. The minimum absolute atomic E-state index is 0.115. The van der Waals surface area contributed by atoms with Crippen LogP contribution in [-0.2, 0) is 0 Å². The van der Waals surface area contributed by atoms with Gasteiger partial charge in [0.25, 0.3) is 4.38 Å². The van der Waals surface area contributed by atoms with Crippen molar-refractivity contribution in [1.29, 1.82) is 0 Å². The van der Waals surface area contributed by atoms with Gasteiger partial charge in [0.1, 0.15) is 12.4 Å². The Hall–Kier alpha value is -1.15. The third-order valence-corrected chi connectivity index (χ3v) is 1.09. The summed E-state index contributed by atoms with van der Waals surface area (Å²) in [6.07, 6.45) is 2.49. The van der Waals surface area contributed by atoms with E-state index in [1.54, 1.807) is 0 Å². The van der Waals surface area contributed by atoms with Crippen molar-refractivity contribution < 1.29 is 9.76 Å². The topological polar surface area (TPSA) is 70.2 Å². The molecule has 0 fully saturated rings. The van der Waals surface area contributed by atoms with Gasteiger partial charge in [-0.1, -0.05) is 17.6 Å². The Kier molecular flexibility index (Phi) is 2.61. The van der Waals surface area contributed by atoms with Crippen molar-refractivity contribution in [2.45, 2.75) is 0 Å². The molecule has 1 aromatic heterocycles. The number of hydrogen-bond acceptors (Lipinski definition) is 5. The van der Waals surface area contributed by atoms with Crippen LogP contribution in [0.4, 0.5) is 5.95 Å². The van der Waals surface area contributed by atoms with Gasteiger partial charge in [0.2, 0.25) is 0 Å². The van der Waals surface area contributed by atoms with E-state index in [-0.39, 0.29) is 4.38 Å². The van der Waals surface area contributed by atoms with Crippen LogP contribution in [-0.4, -0.2) is 19.0 Å². The number of thiol groups is 1. The Balaban J connectivity index is 2.91. The molecule has 0 atom stereocenters. The molecule has 64 valence electrons. The fraction of sp³-hybridized carbons (Fsp3) is 0. The zero-order chi connectivity index (χ0) is 9.14. The molecule has 0 saturated heterocycles. The van der Waals surface area contributed by atoms with Gasteiger partial charge < -0.3 is 10.1 Å². The van der Waals surface area contributed by atoms with E-state index in [9.17, 15) is 10.1 Å². The molecule has 0 N–H and O–H groups in total. The maximum absolute atomic E-state index is 10.2. The first-order valence-corrected chi connectivity index (χ1v) is 3.56. The third-order valence-electron chi connectivity index (χ3n) is 0.929. The van der Waals surface area contributed by atoms with E-state index >= 15 is 0 Å². The first-order chi connectivity index (χ1) is 5.61. The molecule has 1 heterocycles. The molecule has 12 heavy (non-hydrogen) atoms. The van der Waals surface area contributed by atoms with Crippen LogP contribution >= 0.6 is 24.8 Å². The van der Waals surface area contributed by atoms with Crippen LogP contribution in [0.5, 0.6) is 0 Å². The van der Waals surface area contributed by atoms with Gasteiger partial charge in [0, 0.05) is 0 Å². The second kappa shape index (κ2) is 3.50. The quantitative estimate of drug-likeness (QED) is 0.328. The average molecular weight is 205 g/mol. The first kappa shape index (κ1) is 8.94. The van der Waals surface area contributed by atoms with Crippen LogP contribution in [0.25, 0.3) is 0 Å². The summed E-state index contributed by atoms with van der Waals surface area (Å²) in [6, 6.07) is 0. The van der Waals surface area contributed by atoms with Crippen molar-refractivity contribution >= 4 is 35.2 Å². The third kappa shape index (κ3) is 1.92. The van der Waals surface area contributed by atoms with Gasteiger partial charge in [-0.05, 0) is 21.9 Å². The highest BCUT2D eigenvalue weighted by Gasteiger charge is 2.15. The molecule has 1 aromatic rings. The summed E-state index contributed by atoms with van der Waals surface area (Å²) >= 11 is 8.10. The number of nitro groups is 1. The molecule has 1 rings (SSSR count). The second-order valence-electron chi connectivity index (χ2n) is 1.67. The summed E-state index contributed by atoms with van der Waals surface area (Å²) in [5.74, 6) is -0.439. The van der Waals surface area contributed by atoms with Crippen LogP contribution in [0.2, 0.25) is 0 Å². The van der Waals surface area contributed by atoms with E-state index in [1.807, 2.05) is 0 Å². The highest BCUT2D eigenvalue weighted by molar-refractivity contribution is 8.10. The maximum Gasteiger partial charge on any atom is 0.471 e. The van der Waals surface area contributed by atoms with Gasteiger partial charge >= 0.3 is 5.95 Å². The number of imidazole rings is 1. The van der Waals surface area contributed by atoms with Gasteiger partial charge in [-0.2, -0.15) is 0 Å². The molecule has 0 aliphatic heterocycles. The standard InChI is InChI=1S/C4H3N3O3S2/c8-7(9)3-5-1-2-6(3)10-4(11)12/h1-2H,(H,11,12). The zero-order valence-corrected chi connectivity index (χ0v) is 7.29. The van der Waals surface area contributed by atoms with Gasteiger partial charge in [-0.15, -0.1) is 0 Å². The van der Waals surface area contributed by atoms with Crippen LogP contribution in [0, 0.1) is 10.1 Å². The number of rotatable bonds is 2. The van der Waals surface area contributed by atoms with Crippen molar-refractivity contribution in [3.8, 4) is 0 Å². The molecular formula is C4H3N3O3S2. The molecule has 0 radical (unpaired) electrons. The van der Waals surface area contributed by atoms with E-state index < -0.39 is 10.9 Å². The summed E-state index contributed by atoms with van der Waals surface area (Å²) in [7, 11) is 0. The predicted molar refractivity (Wildman–Crippen MR) is 47.0 cm³/mol. The molecule has 6 nitrogen and oxygen atoms in total.